The molecule has 0 aliphatic rings. The summed E-state index contributed by atoms with van der Waals surface area (Å²) in [5.74, 6) is 1.47. The Morgan fingerprint density at radius 3 is 2.70 bits per heavy atom. The lowest BCUT2D eigenvalue weighted by Crippen LogP contribution is -2.12. The van der Waals surface area contributed by atoms with E-state index in [1.165, 1.54) is 0 Å². The Kier molecular flexibility index (Phi) is 3.51. The third kappa shape index (κ3) is 2.32. The van der Waals surface area contributed by atoms with E-state index >= 15 is 0 Å². The molecule has 2 N–H and O–H groups in total. The fourth-order valence-corrected chi connectivity index (χ4v) is 2.59. The van der Waals surface area contributed by atoms with E-state index in [0.29, 0.717) is 0 Å². The largest absolute Gasteiger partial charge is 0.496 e. The molecule has 1 atom stereocenters. The topological polar surface area (TPSA) is 48.4 Å². The summed E-state index contributed by atoms with van der Waals surface area (Å²) in [6, 6.07) is 15.3. The molecular formula is C16H14BrNO2. The summed E-state index contributed by atoms with van der Waals surface area (Å²) >= 11 is 3.43. The van der Waals surface area contributed by atoms with Gasteiger partial charge in [-0.3, -0.25) is 0 Å². The monoisotopic (exact) mass is 331 g/mol. The van der Waals surface area contributed by atoms with Gasteiger partial charge in [0.2, 0.25) is 0 Å². The molecule has 3 aromatic rings. The first-order valence-electron chi connectivity index (χ1n) is 6.26. The third-order valence-electron chi connectivity index (χ3n) is 3.28. The Labute approximate surface area is 125 Å². The Morgan fingerprint density at radius 2 is 1.95 bits per heavy atom. The highest BCUT2D eigenvalue weighted by atomic mass is 79.9. The number of rotatable bonds is 3. The number of fused-ring (bicyclic) bond motifs is 1. The van der Waals surface area contributed by atoms with Crippen molar-refractivity contribution in [2.75, 3.05) is 7.11 Å². The van der Waals surface area contributed by atoms with Crippen LogP contribution in [0, 0.1) is 0 Å². The number of benzene rings is 2. The van der Waals surface area contributed by atoms with Crippen molar-refractivity contribution in [3.8, 4) is 5.75 Å². The van der Waals surface area contributed by atoms with E-state index < -0.39 is 0 Å². The molecule has 4 heteroatoms. The molecule has 0 aliphatic carbocycles. The van der Waals surface area contributed by atoms with Gasteiger partial charge in [0.25, 0.3) is 0 Å². The summed E-state index contributed by atoms with van der Waals surface area (Å²) in [5.41, 5.74) is 8.06. The highest BCUT2D eigenvalue weighted by Gasteiger charge is 2.18. The molecule has 0 amide bonds. The summed E-state index contributed by atoms with van der Waals surface area (Å²) in [6.07, 6.45) is 0. The molecule has 3 nitrogen and oxygen atoms in total. The Bertz CT molecular complexity index is 718. The molecule has 3 rings (SSSR count). The van der Waals surface area contributed by atoms with Gasteiger partial charge in [0, 0.05) is 15.4 Å². The maximum atomic E-state index is 6.32. The summed E-state index contributed by atoms with van der Waals surface area (Å²) in [7, 11) is 1.64. The third-order valence-corrected chi connectivity index (χ3v) is 3.77. The lowest BCUT2D eigenvalue weighted by Gasteiger charge is -2.14. The summed E-state index contributed by atoms with van der Waals surface area (Å²) in [4.78, 5) is 0. The number of para-hydroxylation sites is 1. The zero-order valence-corrected chi connectivity index (χ0v) is 12.6. The quantitative estimate of drug-likeness (QED) is 0.780. The van der Waals surface area contributed by atoms with Crippen molar-refractivity contribution in [2.45, 2.75) is 6.04 Å². The van der Waals surface area contributed by atoms with Gasteiger partial charge in [-0.25, -0.2) is 0 Å². The molecule has 0 radical (unpaired) electrons. The average Bonchev–Trinajstić information content (AvgIpc) is 2.90. The van der Waals surface area contributed by atoms with Crippen LogP contribution in [0.3, 0.4) is 0 Å². The predicted octanol–water partition coefficient (Wildman–Crippen LogP) is 4.25. The molecule has 0 saturated carbocycles. The second kappa shape index (κ2) is 5.31. The van der Waals surface area contributed by atoms with Crippen LogP contribution in [-0.2, 0) is 0 Å². The van der Waals surface area contributed by atoms with Crippen molar-refractivity contribution in [3.63, 3.8) is 0 Å². The van der Waals surface area contributed by atoms with E-state index in [-0.39, 0.29) is 6.04 Å². The van der Waals surface area contributed by atoms with Gasteiger partial charge in [-0.1, -0.05) is 40.2 Å². The van der Waals surface area contributed by atoms with Gasteiger partial charge in [0.05, 0.1) is 13.2 Å². The van der Waals surface area contributed by atoms with Crippen LogP contribution in [0.15, 0.2) is 57.4 Å². The molecule has 20 heavy (non-hydrogen) atoms. The fraction of sp³-hybridized carbons (Fsp3) is 0.125. The molecule has 1 unspecified atom stereocenters. The molecule has 1 aromatic heterocycles. The number of methoxy groups -OCH3 is 1. The van der Waals surface area contributed by atoms with Crippen LogP contribution in [0.1, 0.15) is 17.4 Å². The van der Waals surface area contributed by atoms with Crippen molar-refractivity contribution in [2.24, 2.45) is 5.73 Å². The van der Waals surface area contributed by atoms with Crippen LogP contribution in [0.5, 0.6) is 5.75 Å². The molecule has 0 spiro atoms. The van der Waals surface area contributed by atoms with Gasteiger partial charge < -0.3 is 14.9 Å². The van der Waals surface area contributed by atoms with Crippen LogP contribution in [0.25, 0.3) is 11.0 Å². The normalized spacial score (nSPS) is 12.6. The van der Waals surface area contributed by atoms with Crippen LogP contribution in [-0.4, -0.2) is 7.11 Å². The van der Waals surface area contributed by atoms with Crippen LogP contribution < -0.4 is 10.5 Å². The number of hydrogen-bond donors (Lipinski definition) is 1. The summed E-state index contributed by atoms with van der Waals surface area (Å²) < 4.78 is 12.2. The van der Waals surface area contributed by atoms with E-state index in [2.05, 4.69) is 15.9 Å². The maximum absolute atomic E-state index is 6.32. The first-order valence-corrected chi connectivity index (χ1v) is 7.06. The fourth-order valence-electron chi connectivity index (χ4n) is 2.25. The van der Waals surface area contributed by atoms with E-state index in [4.69, 9.17) is 14.9 Å². The first kappa shape index (κ1) is 13.2. The standard InChI is InChI=1S/C16H14BrNO2/c1-19-14-9-11(17)6-7-12(14)16(18)15-8-10-4-2-3-5-13(10)20-15/h2-9,16H,18H2,1H3. The number of hydrogen-bond acceptors (Lipinski definition) is 3. The minimum Gasteiger partial charge on any atom is -0.496 e. The summed E-state index contributed by atoms with van der Waals surface area (Å²) in [5, 5.41) is 1.05. The van der Waals surface area contributed by atoms with E-state index in [9.17, 15) is 0 Å². The van der Waals surface area contributed by atoms with Crippen LogP contribution in [0.2, 0.25) is 0 Å². The average molecular weight is 332 g/mol. The van der Waals surface area contributed by atoms with E-state index in [0.717, 1.165) is 32.5 Å². The first-order chi connectivity index (χ1) is 9.69. The highest BCUT2D eigenvalue weighted by Crippen LogP contribution is 2.33. The van der Waals surface area contributed by atoms with Crippen molar-refractivity contribution in [1.82, 2.24) is 0 Å². The smallest absolute Gasteiger partial charge is 0.134 e. The number of ether oxygens (including phenoxy) is 1. The lowest BCUT2D eigenvalue weighted by molar-refractivity contribution is 0.404. The van der Waals surface area contributed by atoms with Crippen molar-refractivity contribution >= 4 is 26.9 Å². The molecule has 2 aromatic carbocycles. The van der Waals surface area contributed by atoms with E-state index in [1.54, 1.807) is 7.11 Å². The van der Waals surface area contributed by atoms with Crippen molar-refractivity contribution < 1.29 is 9.15 Å². The molecule has 0 fully saturated rings. The van der Waals surface area contributed by atoms with Gasteiger partial charge in [0.1, 0.15) is 17.1 Å². The van der Waals surface area contributed by atoms with Crippen LogP contribution >= 0.6 is 15.9 Å². The molecule has 0 bridgehead atoms. The second-order valence-corrected chi connectivity index (χ2v) is 5.47. The minimum absolute atomic E-state index is 0.356. The van der Waals surface area contributed by atoms with Gasteiger partial charge >= 0.3 is 0 Å². The Hall–Kier alpha value is -1.78. The maximum Gasteiger partial charge on any atom is 0.134 e. The molecule has 102 valence electrons. The molecule has 0 saturated heterocycles. The van der Waals surface area contributed by atoms with Gasteiger partial charge in [-0.05, 0) is 24.3 Å². The van der Waals surface area contributed by atoms with Gasteiger partial charge in [-0.2, -0.15) is 0 Å². The molecule has 1 heterocycles. The highest BCUT2D eigenvalue weighted by molar-refractivity contribution is 9.10. The second-order valence-electron chi connectivity index (χ2n) is 4.55. The number of furan rings is 1. The minimum atomic E-state index is -0.356. The Morgan fingerprint density at radius 1 is 1.15 bits per heavy atom. The number of nitrogens with two attached hydrogens (primary N) is 1. The van der Waals surface area contributed by atoms with E-state index in [1.807, 2.05) is 48.5 Å². The molecular weight excluding hydrogens is 318 g/mol. The van der Waals surface area contributed by atoms with Crippen LogP contribution in [0.4, 0.5) is 0 Å². The molecule has 0 aliphatic heterocycles. The Balaban J connectivity index is 2.05. The zero-order valence-electron chi connectivity index (χ0n) is 11.0. The lowest BCUT2D eigenvalue weighted by atomic mass is 10.0. The zero-order chi connectivity index (χ0) is 14.1. The SMILES string of the molecule is COc1cc(Br)ccc1C(N)c1cc2ccccc2o1. The number of halogens is 1. The van der Waals surface area contributed by atoms with Crippen molar-refractivity contribution in [1.29, 1.82) is 0 Å². The van der Waals surface area contributed by atoms with Gasteiger partial charge in [0.15, 0.2) is 0 Å². The summed E-state index contributed by atoms with van der Waals surface area (Å²) in [6.45, 7) is 0. The van der Waals surface area contributed by atoms with Crippen molar-refractivity contribution in [3.05, 3.63) is 64.3 Å². The predicted molar refractivity (Wildman–Crippen MR) is 82.9 cm³/mol. The van der Waals surface area contributed by atoms with Gasteiger partial charge in [-0.15, -0.1) is 0 Å².